The van der Waals surface area contributed by atoms with Crippen molar-refractivity contribution >= 4 is 0 Å². The Balaban J connectivity index is 1.69. The van der Waals surface area contributed by atoms with Gasteiger partial charge in [0.2, 0.25) is 0 Å². The Labute approximate surface area is 212 Å². The first-order valence-corrected chi connectivity index (χ1v) is 15.0. The number of aryl methyl sites for hydroxylation is 1. The Morgan fingerprint density at radius 3 is 1.56 bits per heavy atom. The zero-order chi connectivity index (χ0) is 24.1. The molecular formula is C32H55N2+. The summed E-state index contributed by atoms with van der Waals surface area (Å²) in [4.78, 5) is 0. The molecule has 0 aliphatic carbocycles. The SMILES string of the molecule is CCCCCCCCCCCCCC[n+]1ccn(-c2ccccc2)c1CCCCCCCCC. The lowest BCUT2D eigenvalue weighted by Crippen LogP contribution is -2.37. The van der Waals surface area contributed by atoms with E-state index in [4.69, 9.17) is 0 Å². The van der Waals surface area contributed by atoms with Gasteiger partial charge >= 0.3 is 0 Å². The smallest absolute Gasteiger partial charge is 0.234 e. The normalized spacial score (nSPS) is 11.4. The first-order chi connectivity index (χ1) is 16.9. The van der Waals surface area contributed by atoms with Crippen molar-refractivity contribution in [2.75, 3.05) is 0 Å². The Hall–Kier alpha value is -1.57. The number of hydrogen-bond donors (Lipinski definition) is 0. The zero-order valence-corrected chi connectivity index (χ0v) is 22.8. The molecular weight excluding hydrogens is 412 g/mol. The summed E-state index contributed by atoms with van der Waals surface area (Å²) in [6, 6.07) is 10.9. The van der Waals surface area contributed by atoms with Crippen molar-refractivity contribution in [2.45, 2.75) is 149 Å². The maximum atomic E-state index is 2.54. The van der Waals surface area contributed by atoms with Gasteiger partial charge in [-0.2, -0.15) is 4.57 Å². The van der Waals surface area contributed by atoms with Crippen LogP contribution >= 0.6 is 0 Å². The molecule has 0 fully saturated rings. The fourth-order valence-electron chi connectivity index (χ4n) is 5.11. The molecule has 0 bridgehead atoms. The summed E-state index contributed by atoms with van der Waals surface area (Å²) >= 11 is 0. The van der Waals surface area contributed by atoms with E-state index in [1.165, 1.54) is 146 Å². The van der Waals surface area contributed by atoms with Crippen LogP contribution in [0.15, 0.2) is 42.7 Å². The van der Waals surface area contributed by atoms with Crippen molar-refractivity contribution in [3.05, 3.63) is 48.5 Å². The molecule has 2 aromatic rings. The largest absolute Gasteiger partial charge is 0.261 e. The van der Waals surface area contributed by atoms with E-state index < -0.39 is 0 Å². The molecule has 0 saturated carbocycles. The van der Waals surface area contributed by atoms with Crippen LogP contribution in [0.5, 0.6) is 0 Å². The Morgan fingerprint density at radius 2 is 1.03 bits per heavy atom. The topological polar surface area (TPSA) is 8.81 Å². The van der Waals surface area contributed by atoms with Crippen molar-refractivity contribution in [2.24, 2.45) is 0 Å². The molecule has 0 aliphatic rings. The highest BCUT2D eigenvalue weighted by Crippen LogP contribution is 2.15. The molecule has 0 N–H and O–H groups in total. The van der Waals surface area contributed by atoms with Gasteiger partial charge in [-0.05, 0) is 31.4 Å². The van der Waals surface area contributed by atoms with Crippen LogP contribution in [0.3, 0.4) is 0 Å². The first-order valence-electron chi connectivity index (χ1n) is 15.0. The molecule has 192 valence electrons. The summed E-state index contributed by atoms with van der Waals surface area (Å²) in [6.07, 6.45) is 32.4. The molecule has 0 spiro atoms. The van der Waals surface area contributed by atoms with E-state index in [-0.39, 0.29) is 0 Å². The van der Waals surface area contributed by atoms with Crippen LogP contribution < -0.4 is 4.57 Å². The molecule has 0 unspecified atom stereocenters. The maximum absolute atomic E-state index is 2.54. The second-order valence-electron chi connectivity index (χ2n) is 10.4. The van der Waals surface area contributed by atoms with Gasteiger partial charge in [0.1, 0.15) is 18.1 Å². The minimum absolute atomic E-state index is 1.17. The summed E-state index contributed by atoms with van der Waals surface area (Å²) < 4.78 is 4.97. The van der Waals surface area contributed by atoms with Crippen LogP contribution in [0.1, 0.15) is 142 Å². The lowest BCUT2D eigenvalue weighted by molar-refractivity contribution is -0.704. The Bertz CT molecular complexity index is 703. The molecule has 0 saturated heterocycles. The van der Waals surface area contributed by atoms with E-state index in [2.05, 4.69) is 65.7 Å². The van der Waals surface area contributed by atoms with Gasteiger partial charge in [0.05, 0.1) is 6.54 Å². The summed E-state index contributed by atoms with van der Waals surface area (Å²) in [7, 11) is 0. The van der Waals surface area contributed by atoms with Crippen LogP contribution in [0.25, 0.3) is 5.69 Å². The molecule has 0 atom stereocenters. The highest BCUT2D eigenvalue weighted by Gasteiger charge is 2.18. The third kappa shape index (κ3) is 12.2. The van der Waals surface area contributed by atoms with Gasteiger partial charge in [-0.25, -0.2) is 4.57 Å². The second kappa shape index (κ2) is 19.7. The second-order valence-corrected chi connectivity index (χ2v) is 10.4. The van der Waals surface area contributed by atoms with Gasteiger partial charge < -0.3 is 0 Å². The molecule has 1 heterocycles. The molecule has 0 amide bonds. The standard InChI is InChI=1S/C32H55N2/c1-3-5-7-9-11-12-13-14-15-17-19-24-28-33-29-30-34(31-25-21-20-22-26-31)32(33)27-23-18-16-10-8-6-4-2/h20-22,25-26,29-30H,3-19,23-24,27-28H2,1-2H3/q+1. The van der Waals surface area contributed by atoms with E-state index >= 15 is 0 Å². The number of hydrogen-bond acceptors (Lipinski definition) is 0. The lowest BCUT2D eigenvalue weighted by atomic mass is 10.1. The summed E-state index contributed by atoms with van der Waals surface area (Å²) in [5.41, 5.74) is 1.30. The van der Waals surface area contributed by atoms with Crippen molar-refractivity contribution in [1.29, 1.82) is 0 Å². The number of unbranched alkanes of at least 4 members (excludes halogenated alkanes) is 17. The van der Waals surface area contributed by atoms with E-state index in [1.807, 2.05) is 0 Å². The maximum Gasteiger partial charge on any atom is 0.261 e. The van der Waals surface area contributed by atoms with Crippen LogP contribution in [0.2, 0.25) is 0 Å². The molecule has 34 heavy (non-hydrogen) atoms. The Kier molecular flexibility index (Phi) is 16.6. The van der Waals surface area contributed by atoms with Crippen molar-refractivity contribution < 1.29 is 4.57 Å². The number of aromatic nitrogens is 2. The molecule has 0 aliphatic heterocycles. The third-order valence-electron chi connectivity index (χ3n) is 7.30. The number of nitrogens with zero attached hydrogens (tertiary/aromatic N) is 2. The average Bonchev–Trinajstić information content (AvgIpc) is 3.27. The van der Waals surface area contributed by atoms with E-state index in [9.17, 15) is 0 Å². The number of benzene rings is 1. The minimum Gasteiger partial charge on any atom is -0.234 e. The predicted octanol–water partition coefficient (Wildman–Crippen LogP) is 9.76. The molecule has 2 heteroatoms. The van der Waals surface area contributed by atoms with E-state index in [0.29, 0.717) is 0 Å². The zero-order valence-electron chi connectivity index (χ0n) is 22.8. The van der Waals surface area contributed by atoms with Crippen molar-refractivity contribution in [3.63, 3.8) is 0 Å². The fourth-order valence-corrected chi connectivity index (χ4v) is 5.11. The van der Waals surface area contributed by atoms with Crippen molar-refractivity contribution in [1.82, 2.24) is 4.57 Å². The molecule has 2 nitrogen and oxygen atoms in total. The van der Waals surface area contributed by atoms with Crippen LogP contribution in [-0.4, -0.2) is 4.57 Å². The quantitative estimate of drug-likeness (QED) is 0.120. The summed E-state index contributed by atoms with van der Waals surface area (Å²) in [5.74, 6) is 1.49. The third-order valence-corrected chi connectivity index (χ3v) is 7.30. The highest BCUT2D eigenvalue weighted by atomic mass is 15.1. The van der Waals surface area contributed by atoms with E-state index in [1.54, 1.807) is 0 Å². The van der Waals surface area contributed by atoms with Gasteiger partial charge in [0.25, 0.3) is 5.82 Å². The first kappa shape index (κ1) is 28.7. The van der Waals surface area contributed by atoms with Crippen LogP contribution in [-0.2, 0) is 13.0 Å². The highest BCUT2D eigenvalue weighted by molar-refractivity contribution is 5.31. The lowest BCUT2D eigenvalue weighted by Gasteiger charge is -2.06. The van der Waals surface area contributed by atoms with Gasteiger partial charge in [-0.1, -0.05) is 135 Å². The number of para-hydroxylation sites is 1. The van der Waals surface area contributed by atoms with E-state index in [0.717, 1.165) is 0 Å². The van der Waals surface area contributed by atoms with Crippen LogP contribution in [0, 0.1) is 0 Å². The van der Waals surface area contributed by atoms with Crippen LogP contribution in [0.4, 0.5) is 0 Å². The molecule has 2 rings (SSSR count). The predicted molar refractivity (Wildman–Crippen MR) is 149 cm³/mol. The van der Waals surface area contributed by atoms with Gasteiger partial charge in [0, 0.05) is 6.42 Å². The molecule has 1 aromatic heterocycles. The van der Waals surface area contributed by atoms with Gasteiger partial charge in [-0.3, -0.25) is 0 Å². The fraction of sp³-hybridized carbons (Fsp3) is 0.719. The number of imidazole rings is 1. The van der Waals surface area contributed by atoms with Gasteiger partial charge in [0.15, 0.2) is 0 Å². The van der Waals surface area contributed by atoms with Gasteiger partial charge in [-0.15, -0.1) is 0 Å². The number of rotatable bonds is 22. The summed E-state index contributed by atoms with van der Waals surface area (Å²) in [5, 5.41) is 0. The Morgan fingerprint density at radius 1 is 0.559 bits per heavy atom. The monoisotopic (exact) mass is 467 g/mol. The van der Waals surface area contributed by atoms with Crippen molar-refractivity contribution in [3.8, 4) is 5.69 Å². The molecule has 1 aromatic carbocycles. The average molecular weight is 468 g/mol. The summed E-state index contributed by atoms with van der Waals surface area (Å²) in [6.45, 7) is 5.77. The molecule has 0 radical (unpaired) electrons. The minimum atomic E-state index is 1.17.